The summed E-state index contributed by atoms with van der Waals surface area (Å²) in [5.74, 6) is 2.33. The van der Waals surface area contributed by atoms with Crippen molar-refractivity contribution >= 4 is 50.3 Å². The third-order valence-corrected chi connectivity index (χ3v) is 8.84. The number of carbonyl (C=O) groups is 1. The van der Waals surface area contributed by atoms with Crippen molar-refractivity contribution in [2.45, 2.75) is 58.0 Å². The Hall–Kier alpha value is -1.64. The van der Waals surface area contributed by atoms with Crippen LogP contribution in [0, 0.1) is 5.41 Å². The van der Waals surface area contributed by atoms with Crippen molar-refractivity contribution in [1.82, 2.24) is 19.8 Å². The zero-order valence-electron chi connectivity index (χ0n) is 21.1. The van der Waals surface area contributed by atoms with Gasteiger partial charge in [-0.2, -0.15) is 0 Å². The number of rotatable bonds is 2. The van der Waals surface area contributed by atoms with Crippen LogP contribution in [-0.2, 0) is 4.74 Å². The van der Waals surface area contributed by atoms with Crippen LogP contribution in [0.4, 0.5) is 10.6 Å². The molecular weight excluding hydrogens is 530 g/mol. The first-order chi connectivity index (χ1) is 16.5. The Balaban J connectivity index is 1.34. The lowest BCUT2D eigenvalue weighted by molar-refractivity contribution is -0.0434. The fourth-order valence-electron chi connectivity index (χ4n) is 5.54. The molecule has 0 radical (unpaired) electrons. The van der Waals surface area contributed by atoms with Gasteiger partial charge in [0.2, 0.25) is 0 Å². The molecule has 0 atom stereocenters. The number of piperidine rings is 2. The number of ether oxygens (including phenoxy) is 1. The quantitative estimate of drug-likeness (QED) is 0.467. The largest absolute Gasteiger partial charge is 0.444 e. The monoisotopic (exact) mass is 563 g/mol. The summed E-state index contributed by atoms with van der Waals surface area (Å²) < 4.78 is 6.41. The van der Waals surface area contributed by atoms with Crippen LogP contribution in [-0.4, -0.2) is 77.8 Å². The second kappa shape index (κ2) is 9.34. The maximum absolute atomic E-state index is 12.4. The van der Waals surface area contributed by atoms with Gasteiger partial charge in [-0.25, -0.2) is 14.8 Å². The molecule has 0 N–H and O–H groups in total. The van der Waals surface area contributed by atoms with E-state index in [2.05, 4.69) is 32.8 Å². The summed E-state index contributed by atoms with van der Waals surface area (Å²) >= 11 is 10.1. The van der Waals surface area contributed by atoms with E-state index >= 15 is 0 Å². The standard InChI is InChI=1S/C26H35BrClN5O2/c1-25(2,3)35-24(34)33-15-26(16-33)7-11-32(12-8-26)23-18-13-20(28)19(27)14-21(18)29-22(30-23)17-5-9-31(4)10-6-17/h13-14,17H,5-12,15-16H2,1-4H3. The minimum atomic E-state index is -0.459. The van der Waals surface area contributed by atoms with Gasteiger partial charge in [0.25, 0.3) is 0 Å². The number of halogens is 2. The molecule has 0 saturated carbocycles. The highest BCUT2D eigenvalue weighted by Gasteiger charge is 2.48. The Kier molecular flexibility index (Phi) is 6.68. The van der Waals surface area contributed by atoms with E-state index in [1.165, 1.54) is 0 Å². The molecule has 1 amide bonds. The number of anilines is 1. The Morgan fingerprint density at radius 3 is 2.40 bits per heavy atom. The van der Waals surface area contributed by atoms with Crippen molar-refractivity contribution < 1.29 is 9.53 Å². The van der Waals surface area contributed by atoms with E-state index in [0.29, 0.717) is 10.9 Å². The molecule has 5 rings (SSSR count). The van der Waals surface area contributed by atoms with E-state index in [0.717, 1.165) is 92.0 Å². The first-order valence-electron chi connectivity index (χ1n) is 12.6. The van der Waals surface area contributed by atoms with E-state index in [9.17, 15) is 4.79 Å². The number of hydrogen-bond donors (Lipinski definition) is 0. The highest BCUT2D eigenvalue weighted by atomic mass is 79.9. The van der Waals surface area contributed by atoms with Crippen LogP contribution in [0.5, 0.6) is 0 Å². The molecule has 1 aromatic heterocycles. The van der Waals surface area contributed by atoms with E-state index < -0.39 is 5.60 Å². The molecule has 1 spiro atoms. The molecule has 0 bridgehead atoms. The third kappa shape index (κ3) is 5.25. The van der Waals surface area contributed by atoms with E-state index in [-0.39, 0.29) is 11.5 Å². The first-order valence-corrected chi connectivity index (χ1v) is 13.8. The van der Waals surface area contributed by atoms with Crippen molar-refractivity contribution in [1.29, 1.82) is 0 Å². The predicted octanol–water partition coefficient (Wildman–Crippen LogP) is 5.69. The van der Waals surface area contributed by atoms with Gasteiger partial charge in [-0.15, -0.1) is 0 Å². The Morgan fingerprint density at radius 2 is 1.77 bits per heavy atom. The van der Waals surface area contributed by atoms with Crippen molar-refractivity contribution in [2.24, 2.45) is 5.41 Å². The Bertz CT molecular complexity index is 1110. The van der Waals surface area contributed by atoms with Crippen LogP contribution in [0.3, 0.4) is 0 Å². The van der Waals surface area contributed by atoms with Crippen LogP contribution < -0.4 is 4.90 Å². The topological polar surface area (TPSA) is 61.8 Å². The van der Waals surface area contributed by atoms with E-state index in [1.54, 1.807) is 0 Å². The highest BCUT2D eigenvalue weighted by molar-refractivity contribution is 9.10. The molecule has 3 fully saturated rings. The molecule has 7 nitrogen and oxygen atoms in total. The summed E-state index contributed by atoms with van der Waals surface area (Å²) in [6.07, 6.45) is 4.03. The normalized spacial score (nSPS) is 21.4. The summed E-state index contributed by atoms with van der Waals surface area (Å²) in [4.78, 5) is 29.2. The first kappa shape index (κ1) is 25.0. The summed E-state index contributed by atoms with van der Waals surface area (Å²) in [6.45, 7) is 11.3. The Labute approximate surface area is 221 Å². The molecule has 2 aromatic rings. The second-order valence-electron chi connectivity index (χ2n) is 11.6. The SMILES string of the molecule is CN1CCC(c2nc(N3CCC4(CC3)CN(C(=O)OC(C)(C)C)C4)c3cc(Cl)c(Br)cc3n2)CC1. The summed E-state index contributed by atoms with van der Waals surface area (Å²) in [6, 6.07) is 4.02. The zero-order valence-corrected chi connectivity index (χ0v) is 23.5. The molecule has 3 aliphatic rings. The van der Waals surface area contributed by atoms with E-state index in [1.807, 2.05) is 37.8 Å². The van der Waals surface area contributed by atoms with Crippen molar-refractivity contribution in [3.8, 4) is 0 Å². The number of aromatic nitrogens is 2. The second-order valence-corrected chi connectivity index (χ2v) is 12.9. The Morgan fingerprint density at radius 1 is 1.11 bits per heavy atom. The lowest BCUT2D eigenvalue weighted by Crippen LogP contribution is -2.62. The minimum absolute atomic E-state index is 0.188. The number of likely N-dealkylation sites (tertiary alicyclic amines) is 2. The zero-order chi connectivity index (χ0) is 25.0. The van der Waals surface area contributed by atoms with Crippen molar-refractivity contribution in [3.05, 3.63) is 27.5 Å². The van der Waals surface area contributed by atoms with Gasteiger partial charge in [-0.3, -0.25) is 0 Å². The van der Waals surface area contributed by atoms with Crippen LogP contribution in [0.25, 0.3) is 10.9 Å². The lowest BCUT2D eigenvalue weighted by Gasteiger charge is -2.53. The average molecular weight is 565 g/mol. The van der Waals surface area contributed by atoms with Gasteiger partial charge in [0.15, 0.2) is 0 Å². The predicted molar refractivity (Wildman–Crippen MR) is 143 cm³/mol. The number of fused-ring (bicyclic) bond motifs is 1. The maximum atomic E-state index is 12.4. The molecule has 3 aliphatic heterocycles. The fourth-order valence-corrected chi connectivity index (χ4v) is 6.04. The van der Waals surface area contributed by atoms with Gasteiger partial charge in [0.1, 0.15) is 17.2 Å². The number of amides is 1. The minimum Gasteiger partial charge on any atom is -0.444 e. The third-order valence-electron chi connectivity index (χ3n) is 7.65. The number of benzene rings is 1. The molecule has 4 heterocycles. The number of nitrogens with zero attached hydrogens (tertiary/aromatic N) is 5. The summed E-state index contributed by atoms with van der Waals surface area (Å²) in [7, 11) is 2.18. The molecule has 0 aliphatic carbocycles. The molecule has 3 saturated heterocycles. The lowest BCUT2D eigenvalue weighted by atomic mass is 9.72. The average Bonchev–Trinajstić information content (AvgIpc) is 2.77. The van der Waals surface area contributed by atoms with Crippen LogP contribution in [0.2, 0.25) is 5.02 Å². The molecule has 0 unspecified atom stereocenters. The molecule has 9 heteroatoms. The molecule has 35 heavy (non-hydrogen) atoms. The maximum Gasteiger partial charge on any atom is 0.410 e. The van der Waals surface area contributed by atoms with Gasteiger partial charge in [0, 0.05) is 47.4 Å². The number of hydrogen-bond acceptors (Lipinski definition) is 6. The van der Waals surface area contributed by atoms with Gasteiger partial charge >= 0.3 is 6.09 Å². The van der Waals surface area contributed by atoms with Gasteiger partial charge < -0.3 is 19.4 Å². The summed E-state index contributed by atoms with van der Waals surface area (Å²) in [5, 5.41) is 1.68. The van der Waals surface area contributed by atoms with Gasteiger partial charge in [-0.05, 0) is 94.7 Å². The highest BCUT2D eigenvalue weighted by Crippen LogP contribution is 2.43. The van der Waals surface area contributed by atoms with Crippen molar-refractivity contribution in [3.63, 3.8) is 0 Å². The summed E-state index contributed by atoms with van der Waals surface area (Å²) in [5.41, 5.74) is 0.674. The number of carbonyl (C=O) groups excluding carboxylic acids is 1. The smallest absolute Gasteiger partial charge is 0.410 e. The van der Waals surface area contributed by atoms with Gasteiger partial charge in [0.05, 0.1) is 10.5 Å². The van der Waals surface area contributed by atoms with E-state index in [4.69, 9.17) is 26.3 Å². The molecule has 190 valence electrons. The molecule has 1 aromatic carbocycles. The van der Waals surface area contributed by atoms with Crippen LogP contribution >= 0.6 is 27.5 Å². The molecular formula is C26H35BrClN5O2. The van der Waals surface area contributed by atoms with Gasteiger partial charge in [-0.1, -0.05) is 11.6 Å². The van der Waals surface area contributed by atoms with Crippen molar-refractivity contribution in [2.75, 3.05) is 51.2 Å². The van der Waals surface area contributed by atoms with Crippen LogP contribution in [0.15, 0.2) is 16.6 Å². The van der Waals surface area contributed by atoms with Crippen LogP contribution in [0.1, 0.15) is 58.2 Å². The fraction of sp³-hybridized carbons (Fsp3) is 0.654.